The molecule has 2 fully saturated rings. The van der Waals surface area contributed by atoms with Gasteiger partial charge in [-0.15, -0.1) is 11.8 Å². The number of halogens is 1. The number of carbonyl (C=O) groups excluding carboxylic acids is 3. The minimum atomic E-state index is -1.50. The quantitative estimate of drug-likeness (QED) is 0.176. The van der Waals surface area contributed by atoms with Crippen molar-refractivity contribution < 1.29 is 38.2 Å². The number of thioether (sulfide) groups is 1. The zero-order valence-electron chi connectivity index (χ0n) is 18.7. The normalized spacial score (nSPS) is 26.0. The van der Waals surface area contributed by atoms with Gasteiger partial charge in [0.2, 0.25) is 11.5 Å². The van der Waals surface area contributed by atoms with E-state index in [4.69, 9.17) is 10.6 Å². The van der Waals surface area contributed by atoms with Gasteiger partial charge in [-0.1, -0.05) is 11.2 Å². The number of carboxylic acids is 1. The number of amides is 2. The zero-order chi connectivity index (χ0) is 25.3. The average Bonchev–Trinajstić information content (AvgIpc) is 3.39. The van der Waals surface area contributed by atoms with Crippen molar-refractivity contribution in [2.45, 2.75) is 23.9 Å². The molecular weight excluding hydrogens is 505 g/mol. The lowest BCUT2D eigenvalue weighted by molar-refractivity contribution is -1.06. The molecule has 13 nitrogen and oxygen atoms in total. The van der Waals surface area contributed by atoms with Crippen LogP contribution < -0.4 is 16.2 Å². The summed E-state index contributed by atoms with van der Waals surface area (Å²) in [6.07, 6.45) is 4.01. The number of fused-ring (bicyclic) bond motifs is 1. The van der Waals surface area contributed by atoms with Crippen LogP contribution in [0.4, 0.5) is 9.52 Å². The number of nitrogens with two attached hydrogens (primary N) is 1. The molecule has 35 heavy (non-hydrogen) atoms. The Morgan fingerprint density at radius 2 is 2.26 bits per heavy atom. The molecule has 4 rings (SSSR count). The van der Waals surface area contributed by atoms with Crippen molar-refractivity contribution in [3.63, 3.8) is 0 Å². The van der Waals surface area contributed by atoms with Crippen LogP contribution in [0.5, 0.6) is 0 Å². The number of carbonyl (C=O) groups is 3. The van der Waals surface area contributed by atoms with Crippen LogP contribution in [0.1, 0.15) is 12.2 Å². The monoisotopic (exact) mass is 527 g/mol. The van der Waals surface area contributed by atoms with Crippen LogP contribution in [0.25, 0.3) is 0 Å². The largest absolute Gasteiger partial charge is 0.543 e. The van der Waals surface area contributed by atoms with E-state index >= 15 is 0 Å². The maximum Gasteiger partial charge on any atom is 0.278 e. The molecule has 3 atom stereocenters. The SMILES string of the molecule is C[N+]1(C)CCC(/C=C/C2=C(C(=O)[O-])N3C(=O)[C@@H](NC(=O)/C(=N/OCF)c4nsc(N)n4)[C@H]3SC2)O1. The van der Waals surface area contributed by atoms with Crippen molar-refractivity contribution >= 4 is 51.9 Å². The Bertz CT molecular complexity index is 1140. The summed E-state index contributed by atoms with van der Waals surface area (Å²) < 4.78 is 16.7. The summed E-state index contributed by atoms with van der Waals surface area (Å²) in [6, 6.07) is -1.06. The summed E-state index contributed by atoms with van der Waals surface area (Å²) in [5.74, 6) is -2.98. The average molecular weight is 528 g/mol. The number of hydrogen-bond donors (Lipinski definition) is 2. The second kappa shape index (κ2) is 9.88. The maximum absolute atomic E-state index is 12.9. The van der Waals surface area contributed by atoms with Gasteiger partial charge in [0.15, 0.2) is 5.13 Å². The summed E-state index contributed by atoms with van der Waals surface area (Å²) in [4.78, 5) is 52.6. The number of rotatable bonds is 8. The van der Waals surface area contributed by atoms with E-state index in [9.17, 15) is 23.9 Å². The number of β-lactam (4-membered cyclic amide) rings is 1. The Labute approximate surface area is 207 Å². The van der Waals surface area contributed by atoms with Gasteiger partial charge in [0.05, 0.1) is 25.8 Å². The van der Waals surface area contributed by atoms with Crippen molar-refractivity contribution in [3.05, 3.63) is 29.2 Å². The van der Waals surface area contributed by atoms with Gasteiger partial charge in [-0.25, -0.2) is 4.39 Å². The molecule has 2 saturated heterocycles. The van der Waals surface area contributed by atoms with E-state index < -0.39 is 41.8 Å². The van der Waals surface area contributed by atoms with Gasteiger partial charge in [0.1, 0.15) is 24.1 Å². The van der Waals surface area contributed by atoms with Crippen molar-refractivity contribution in [2.75, 3.05) is 39.0 Å². The first-order valence-corrected chi connectivity index (χ1v) is 12.2. The van der Waals surface area contributed by atoms with Gasteiger partial charge in [-0.05, 0) is 11.6 Å². The lowest BCUT2D eigenvalue weighted by atomic mass is 10.0. The number of nitrogens with one attached hydrogen (secondary N) is 1. The number of hydroxylamine groups is 3. The first kappa shape index (κ1) is 25.0. The Morgan fingerprint density at radius 1 is 1.49 bits per heavy atom. The van der Waals surface area contributed by atoms with Gasteiger partial charge in [-0.2, -0.15) is 18.8 Å². The van der Waals surface area contributed by atoms with E-state index in [-0.39, 0.29) is 28.5 Å². The summed E-state index contributed by atoms with van der Waals surface area (Å²) in [7, 11) is 3.85. The molecule has 1 aromatic rings. The standard InChI is InChI=1S/C19H22FN7O6S2/c1-27(2)6-5-10(33-27)4-3-9-7-34-17-12(16(29)26(17)13(9)18(30)31)22-15(28)11(24-32-8-20)14-23-19(21)35-25-14/h3-4,10,12,17H,5-8H2,1-2H3,(H3-,21,22,23,25,28,30,31)/b4-3+,24-11+/t10?,12-,17-/m1/s1. The number of carboxylic acid groups (broad SMARTS) is 1. The third kappa shape index (κ3) is 5.14. The molecular formula is C19H22FN7O6S2. The molecule has 0 aromatic carbocycles. The van der Waals surface area contributed by atoms with Crippen molar-refractivity contribution in [1.29, 1.82) is 0 Å². The molecule has 3 aliphatic rings. The predicted octanol–water partition coefficient (Wildman–Crippen LogP) is -1.49. The predicted molar refractivity (Wildman–Crippen MR) is 121 cm³/mol. The van der Waals surface area contributed by atoms with Crippen LogP contribution in [0.2, 0.25) is 0 Å². The molecule has 1 aromatic heterocycles. The number of allylic oxidation sites excluding steroid dienone is 1. The fourth-order valence-electron chi connectivity index (χ4n) is 3.84. The molecule has 1 unspecified atom stereocenters. The summed E-state index contributed by atoms with van der Waals surface area (Å²) in [5.41, 5.74) is 5.21. The van der Waals surface area contributed by atoms with Gasteiger partial charge >= 0.3 is 0 Å². The first-order chi connectivity index (χ1) is 16.6. The van der Waals surface area contributed by atoms with Crippen molar-refractivity contribution in [1.82, 2.24) is 19.6 Å². The highest BCUT2D eigenvalue weighted by Crippen LogP contribution is 2.40. The minimum Gasteiger partial charge on any atom is -0.543 e. The molecule has 0 spiro atoms. The number of nitrogens with zero attached hydrogens (tertiary/aromatic N) is 5. The van der Waals surface area contributed by atoms with E-state index in [1.165, 1.54) is 11.8 Å². The van der Waals surface area contributed by atoms with Crippen LogP contribution in [-0.4, -0.2) is 93.2 Å². The maximum atomic E-state index is 12.9. The number of alkyl halides is 1. The third-order valence-corrected chi connectivity index (χ3v) is 7.28. The van der Waals surface area contributed by atoms with Crippen molar-refractivity contribution in [3.8, 4) is 0 Å². The number of aromatic nitrogens is 2. The van der Waals surface area contributed by atoms with Crippen LogP contribution in [0.15, 0.2) is 28.6 Å². The highest BCUT2D eigenvalue weighted by molar-refractivity contribution is 8.00. The van der Waals surface area contributed by atoms with E-state index in [1.807, 2.05) is 14.1 Å². The molecule has 0 aliphatic carbocycles. The number of quaternary nitrogens is 1. The Hall–Kier alpha value is -3.08. The van der Waals surface area contributed by atoms with Crippen LogP contribution in [-0.2, 0) is 24.1 Å². The van der Waals surface area contributed by atoms with Crippen LogP contribution in [0, 0.1) is 0 Å². The zero-order valence-corrected chi connectivity index (χ0v) is 20.3. The smallest absolute Gasteiger partial charge is 0.278 e. The number of anilines is 1. The topological polar surface area (TPSA) is 172 Å². The van der Waals surface area contributed by atoms with E-state index in [2.05, 4.69) is 24.7 Å². The van der Waals surface area contributed by atoms with E-state index in [0.29, 0.717) is 10.2 Å². The second-order valence-electron chi connectivity index (χ2n) is 8.25. The van der Waals surface area contributed by atoms with Gasteiger partial charge in [-0.3, -0.25) is 14.5 Å². The first-order valence-electron chi connectivity index (χ1n) is 10.4. The third-order valence-electron chi connectivity index (χ3n) is 5.44. The molecule has 188 valence electrons. The fraction of sp³-hybridized carbons (Fsp3) is 0.474. The highest BCUT2D eigenvalue weighted by atomic mass is 32.2. The number of nitrogen functional groups attached to an aromatic ring is 1. The molecule has 16 heteroatoms. The lowest BCUT2D eigenvalue weighted by Crippen LogP contribution is -2.71. The van der Waals surface area contributed by atoms with E-state index in [0.717, 1.165) is 29.4 Å². The number of hydrogen-bond acceptors (Lipinski definition) is 12. The van der Waals surface area contributed by atoms with Crippen LogP contribution >= 0.6 is 23.3 Å². The highest BCUT2D eigenvalue weighted by Gasteiger charge is 2.53. The van der Waals surface area contributed by atoms with Gasteiger partial charge in [0, 0.05) is 23.7 Å². The number of oxime groups is 1. The molecule has 0 bridgehead atoms. The van der Waals surface area contributed by atoms with Gasteiger partial charge < -0.3 is 25.8 Å². The number of aliphatic carboxylic acids is 1. The molecule has 2 amide bonds. The Morgan fingerprint density at radius 3 is 2.86 bits per heavy atom. The second-order valence-corrected chi connectivity index (χ2v) is 10.1. The summed E-state index contributed by atoms with van der Waals surface area (Å²) in [6.45, 7) is -0.488. The summed E-state index contributed by atoms with van der Waals surface area (Å²) in [5, 5.41) is 17.1. The molecule has 4 heterocycles. The summed E-state index contributed by atoms with van der Waals surface area (Å²) >= 11 is 2.06. The molecule has 0 saturated carbocycles. The Kier molecular flexibility index (Phi) is 7.07. The Balaban J connectivity index is 1.49. The molecule has 3 N–H and O–H groups in total. The molecule has 0 radical (unpaired) electrons. The molecule has 3 aliphatic heterocycles. The van der Waals surface area contributed by atoms with Gasteiger partial charge in [0.25, 0.3) is 18.7 Å². The lowest BCUT2D eigenvalue weighted by Gasteiger charge is -2.50. The van der Waals surface area contributed by atoms with E-state index in [1.54, 1.807) is 12.2 Å². The van der Waals surface area contributed by atoms with Crippen LogP contribution in [0.3, 0.4) is 0 Å². The fourth-order valence-corrected chi connectivity index (χ4v) is 5.59. The minimum absolute atomic E-state index is 0.0457. The van der Waals surface area contributed by atoms with Crippen molar-refractivity contribution in [2.24, 2.45) is 5.16 Å².